The summed E-state index contributed by atoms with van der Waals surface area (Å²) in [6.07, 6.45) is 1.53. The fourth-order valence-electron chi connectivity index (χ4n) is 1.69. The van der Waals surface area contributed by atoms with E-state index in [1.165, 1.54) is 6.08 Å². The summed E-state index contributed by atoms with van der Waals surface area (Å²) >= 11 is 0. The van der Waals surface area contributed by atoms with Crippen molar-refractivity contribution in [2.75, 3.05) is 0 Å². The molecule has 2 aromatic carbocycles. The Kier molecular flexibility index (Phi) is 2.26. The van der Waals surface area contributed by atoms with Crippen molar-refractivity contribution in [2.24, 2.45) is 0 Å². The van der Waals surface area contributed by atoms with Crippen molar-refractivity contribution in [1.82, 2.24) is 0 Å². The minimum atomic E-state index is -1.17. The number of carbonyl (C=O) groups is 1. The first-order valence-electron chi connectivity index (χ1n) is 4.59. The van der Waals surface area contributed by atoms with E-state index < -0.39 is 5.97 Å². The van der Waals surface area contributed by atoms with Crippen LogP contribution in [0.3, 0.4) is 0 Å². The zero-order valence-corrected chi connectivity index (χ0v) is 8.07. The van der Waals surface area contributed by atoms with Gasteiger partial charge in [0.05, 0.1) is 5.97 Å². The Morgan fingerprint density at radius 2 is 1.93 bits per heavy atom. The first kappa shape index (κ1) is 9.46. The number of fused-ring (bicyclic) bond motifs is 1. The van der Waals surface area contributed by atoms with Crippen molar-refractivity contribution in [3.05, 3.63) is 54.1 Å². The van der Waals surface area contributed by atoms with Gasteiger partial charge in [-0.1, -0.05) is 49.1 Å². The molecule has 0 unspecified atom stereocenters. The lowest BCUT2D eigenvalue weighted by Crippen LogP contribution is -2.23. The summed E-state index contributed by atoms with van der Waals surface area (Å²) in [5, 5.41) is 12.6. The van der Waals surface area contributed by atoms with Gasteiger partial charge in [0, 0.05) is 5.56 Å². The Balaban J connectivity index is 2.90. The Morgan fingerprint density at radius 3 is 2.60 bits per heavy atom. The van der Waals surface area contributed by atoms with Crippen molar-refractivity contribution in [3.63, 3.8) is 0 Å². The second kappa shape index (κ2) is 3.58. The lowest BCUT2D eigenvalue weighted by molar-refractivity contribution is -0.254. The molecule has 0 N–H and O–H groups in total. The zero-order chi connectivity index (χ0) is 10.8. The van der Waals surface area contributed by atoms with E-state index in [0.29, 0.717) is 10.9 Å². The number of carboxylic acids is 1. The average molecular weight is 197 g/mol. The number of carbonyl (C=O) groups excluding carboxylic acids is 1. The first-order chi connectivity index (χ1) is 7.24. The summed E-state index contributed by atoms with van der Waals surface area (Å²) in [6, 6.07) is 10.9. The monoisotopic (exact) mass is 197 g/mol. The number of carboxylic acid groups (broad SMARTS) is 1. The Morgan fingerprint density at radius 1 is 1.20 bits per heavy atom. The highest BCUT2D eigenvalue weighted by Crippen LogP contribution is 2.22. The summed E-state index contributed by atoms with van der Waals surface area (Å²) in [6.45, 7) is 3.59. The first-order valence-corrected chi connectivity index (χ1v) is 4.59. The molecule has 0 aliphatic carbocycles. The quantitative estimate of drug-likeness (QED) is 0.737. The lowest BCUT2D eigenvalue weighted by atomic mass is 9.99. The molecule has 0 radical (unpaired) electrons. The van der Waals surface area contributed by atoms with Gasteiger partial charge in [0.2, 0.25) is 0 Å². The van der Waals surface area contributed by atoms with Gasteiger partial charge in [-0.2, -0.15) is 0 Å². The molecule has 0 saturated heterocycles. The van der Waals surface area contributed by atoms with Crippen LogP contribution in [0.5, 0.6) is 0 Å². The van der Waals surface area contributed by atoms with Gasteiger partial charge in [0.1, 0.15) is 0 Å². The largest absolute Gasteiger partial charge is 0.545 e. The van der Waals surface area contributed by atoms with Gasteiger partial charge in [0.15, 0.2) is 0 Å². The van der Waals surface area contributed by atoms with E-state index in [0.717, 1.165) is 5.39 Å². The second-order valence-electron chi connectivity index (χ2n) is 3.24. The molecule has 0 bridgehead atoms. The van der Waals surface area contributed by atoms with Crippen LogP contribution < -0.4 is 5.11 Å². The predicted molar refractivity (Wildman–Crippen MR) is 58.4 cm³/mol. The van der Waals surface area contributed by atoms with E-state index in [1.54, 1.807) is 12.1 Å². The molecule has 0 spiro atoms. The van der Waals surface area contributed by atoms with E-state index in [1.807, 2.05) is 24.3 Å². The fourth-order valence-corrected chi connectivity index (χ4v) is 1.69. The van der Waals surface area contributed by atoms with Crippen molar-refractivity contribution < 1.29 is 9.90 Å². The standard InChI is InChI=1S/C13H10O2/c1-2-9-7-8-10-5-3-4-6-11(10)12(9)13(14)15/h2-8H,1H2,(H,14,15)/p-1. The highest BCUT2D eigenvalue weighted by molar-refractivity contribution is 6.05. The topological polar surface area (TPSA) is 40.1 Å². The third-order valence-corrected chi connectivity index (χ3v) is 2.39. The van der Waals surface area contributed by atoms with E-state index in [9.17, 15) is 9.90 Å². The van der Waals surface area contributed by atoms with Crippen LogP contribution in [0.4, 0.5) is 0 Å². The molecule has 15 heavy (non-hydrogen) atoms. The van der Waals surface area contributed by atoms with Crippen LogP contribution in [0, 0.1) is 0 Å². The molecule has 2 rings (SSSR count). The third kappa shape index (κ3) is 1.50. The number of hydrogen-bond donors (Lipinski definition) is 0. The fraction of sp³-hybridized carbons (Fsp3) is 0. The summed E-state index contributed by atoms with van der Waals surface area (Å²) in [5.74, 6) is -1.17. The molecule has 0 aromatic heterocycles. The Labute approximate surface area is 87.5 Å². The van der Waals surface area contributed by atoms with Crippen LogP contribution in [0.25, 0.3) is 16.8 Å². The molecule has 0 heterocycles. The summed E-state index contributed by atoms with van der Waals surface area (Å²) in [4.78, 5) is 11.0. The highest BCUT2D eigenvalue weighted by Gasteiger charge is 2.05. The maximum atomic E-state index is 11.0. The van der Waals surface area contributed by atoms with Crippen LogP contribution in [0.1, 0.15) is 15.9 Å². The maximum Gasteiger partial charge on any atom is 0.0727 e. The van der Waals surface area contributed by atoms with E-state index in [-0.39, 0.29) is 5.56 Å². The molecule has 0 amide bonds. The highest BCUT2D eigenvalue weighted by atomic mass is 16.4. The Bertz CT molecular complexity index is 541. The molecular formula is C13H9O2-. The van der Waals surface area contributed by atoms with Crippen molar-refractivity contribution in [1.29, 1.82) is 0 Å². The molecule has 2 nitrogen and oxygen atoms in total. The number of aromatic carboxylic acids is 1. The molecule has 0 fully saturated rings. The minimum absolute atomic E-state index is 0.211. The van der Waals surface area contributed by atoms with E-state index >= 15 is 0 Å². The van der Waals surface area contributed by atoms with Gasteiger partial charge in [-0.3, -0.25) is 0 Å². The molecule has 2 heteroatoms. The van der Waals surface area contributed by atoms with Crippen molar-refractivity contribution in [2.45, 2.75) is 0 Å². The molecule has 0 saturated carbocycles. The smallest absolute Gasteiger partial charge is 0.0727 e. The maximum absolute atomic E-state index is 11.0. The number of benzene rings is 2. The van der Waals surface area contributed by atoms with Crippen LogP contribution in [-0.2, 0) is 0 Å². The lowest BCUT2D eigenvalue weighted by Gasteiger charge is -2.10. The molecule has 2 aromatic rings. The van der Waals surface area contributed by atoms with Crippen LogP contribution in [0.2, 0.25) is 0 Å². The SMILES string of the molecule is C=Cc1ccc2ccccc2c1C(=O)[O-]. The van der Waals surface area contributed by atoms with Gasteiger partial charge in [-0.15, -0.1) is 0 Å². The van der Waals surface area contributed by atoms with E-state index in [4.69, 9.17) is 0 Å². The molecule has 74 valence electrons. The summed E-state index contributed by atoms with van der Waals surface area (Å²) < 4.78 is 0. The summed E-state index contributed by atoms with van der Waals surface area (Å²) in [5.41, 5.74) is 0.803. The molecule has 0 aliphatic heterocycles. The second-order valence-corrected chi connectivity index (χ2v) is 3.24. The minimum Gasteiger partial charge on any atom is -0.545 e. The zero-order valence-electron chi connectivity index (χ0n) is 8.07. The van der Waals surface area contributed by atoms with Crippen LogP contribution >= 0.6 is 0 Å². The van der Waals surface area contributed by atoms with Crippen LogP contribution in [-0.4, -0.2) is 5.97 Å². The van der Waals surface area contributed by atoms with Crippen molar-refractivity contribution >= 4 is 22.8 Å². The predicted octanol–water partition coefficient (Wildman–Crippen LogP) is 1.85. The molecular weight excluding hydrogens is 188 g/mol. The van der Waals surface area contributed by atoms with Gasteiger partial charge >= 0.3 is 0 Å². The number of rotatable bonds is 2. The van der Waals surface area contributed by atoms with Gasteiger partial charge in [-0.05, 0) is 16.3 Å². The Hall–Kier alpha value is -2.09. The third-order valence-electron chi connectivity index (χ3n) is 2.39. The van der Waals surface area contributed by atoms with Gasteiger partial charge in [0.25, 0.3) is 0 Å². The van der Waals surface area contributed by atoms with Crippen molar-refractivity contribution in [3.8, 4) is 0 Å². The molecule has 0 aliphatic rings. The number of hydrogen-bond acceptors (Lipinski definition) is 2. The average Bonchev–Trinajstić information content (AvgIpc) is 2.27. The molecule has 0 atom stereocenters. The van der Waals surface area contributed by atoms with Gasteiger partial charge in [-0.25, -0.2) is 0 Å². The van der Waals surface area contributed by atoms with Gasteiger partial charge < -0.3 is 9.90 Å². The van der Waals surface area contributed by atoms with Crippen LogP contribution in [0.15, 0.2) is 43.0 Å². The van der Waals surface area contributed by atoms with E-state index in [2.05, 4.69) is 6.58 Å². The summed E-state index contributed by atoms with van der Waals surface area (Å²) in [7, 11) is 0. The normalized spacial score (nSPS) is 10.1.